The SMILES string of the molecule is CCC(CC)(CN)N(C)S(=O)(=O)CC. The van der Waals surface area contributed by atoms with E-state index in [9.17, 15) is 8.42 Å². The van der Waals surface area contributed by atoms with Crippen molar-refractivity contribution in [3.8, 4) is 0 Å². The Morgan fingerprint density at radius 2 is 1.64 bits per heavy atom. The first-order chi connectivity index (χ1) is 6.40. The molecule has 0 saturated heterocycles. The predicted molar refractivity (Wildman–Crippen MR) is 59.6 cm³/mol. The number of nitrogens with zero attached hydrogens (tertiary/aromatic N) is 1. The van der Waals surface area contributed by atoms with Crippen LogP contribution in [0, 0.1) is 0 Å². The van der Waals surface area contributed by atoms with Gasteiger partial charge in [-0.1, -0.05) is 13.8 Å². The average molecular weight is 222 g/mol. The fourth-order valence-electron chi connectivity index (χ4n) is 1.60. The van der Waals surface area contributed by atoms with Gasteiger partial charge in [-0.25, -0.2) is 8.42 Å². The van der Waals surface area contributed by atoms with Crippen molar-refractivity contribution in [1.29, 1.82) is 0 Å². The molecule has 0 atom stereocenters. The molecule has 0 heterocycles. The highest BCUT2D eigenvalue weighted by atomic mass is 32.2. The smallest absolute Gasteiger partial charge is 0.214 e. The van der Waals surface area contributed by atoms with Gasteiger partial charge in [-0.3, -0.25) is 0 Å². The molecule has 0 amide bonds. The second kappa shape index (κ2) is 5.09. The van der Waals surface area contributed by atoms with E-state index in [1.165, 1.54) is 4.31 Å². The van der Waals surface area contributed by atoms with Crippen LogP contribution in [-0.4, -0.2) is 37.6 Å². The fourth-order valence-corrected chi connectivity index (χ4v) is 2.91. The molecule has 0 saturated carbocycles. The van der Waals surface area contributed by atoms with E-state index in [4.69, 9.17) is 5.73 Å². The molecule has 4 nitrogen and oxygen atoms in total. The summed E-state index contributed by atoms with van der Waals surface area (Å²) in [7, 11) is -1.52. The van der Waals surface area contributed by atoms with E-state index < -0.39 is 15.6 Å². The summed E-state index contributed by atoms with van der Waals surface area (Å²) in [6, 6.07) is 0. The monoisotopic (exact) mass is 222 g/mol. The molecule has 0 aliphatic rings. The lowest BCUT2D eigenvalue weighted by Gasteiger charge is -2.38. The summed E-state index contributed by atoms with van der Waals surface area (Å²) in [5.41, 5.74) is 5.27. The van der Waals surface area contributed by atoms with Gasteiger partial charge in [-0.15, -0.1) is 0 Å². The Morgan fingerprint density at radius 3 is 1.86 bits per heavy atom. The van der Waals surface area contributed by atoms with E-state index in [0.29, 0.717) is 6.54 Å². The van der Waals surface area contributed by atoms with Gasteiger partial charge >= 0.3 is 0 Å². The summed E-state index contributed by atoms with van der Waals surface area (Å²) in [6.07, 6.45) is 1.49. The Kier molecular flexibility index (Phi) is 5.05. The van der Waals surface area contributed by atoms with Crippen molar-refractivity contribution < 1.29 is 8.42 Å². The molecule has 0 radical (unpaired) electrons. The van der Waals surface area contributed by atoms with Crippen LogP contribution in [0.15, 0.2) is 0 Å². The highest BCUT2D eigenvalue weighted by molar-refractivity contribution is 7.89. The Labute approximate surface area is 87.5 Å². The van der Waals surface area contributed by atoms with Crippen molar-refractivity contribution in [2.45, 2.75) is 39.2 Å². The first-order valence-corrected chi connectivity index (χ1v) is 6.67. The van der Waals surface area contributed by atoms with E-state index >= 15 is 0 Å². The zero-order valence-corrected chi connectivity index (χ0v) is 10.4. The minimum atomic E-state index is -3.14. The quantitative estimate of drug-likeness (QED) is 0.722. The van der Waals surface area contributed by atoms with E-state index in [2.05, 4.69) is 0 Å². The van der Waals surface area contributed by atoms with Gasteiger partial charge in [0, 0.05) is 19.1 Å². The lowest BCUT2D eigenvalue weighted by Crippen LogP contribution is -2.54. The van der Waals surface area contributed by atoms with Gasteiger partial charge < -0.3 is 5.73 Å². The minimum Gasteiger partial charge on any atom is -0.329 e. The van der Waals surface area contributed by atoms with Crippen molar-refractivity contribution in [3.05, 3.63) is 0 Å². The average Bonchev–Trinajstić information content (AvgIpc) is 2.21. The molecule has 86 valence electrons. The largest absolute Gasteiger partial charge is 0.329 e. The maximum atomic E-state index is 11.7. The summed E-state index contributed by atoms with van der Waals surface area (Å²) in [5.74, 6) is 0.130. The molecule has 0 aliphatic carbocycles. The third kappa shape index (κ3) is 2.46. The standard InChI is InChI=1S/C9H22N2O2S/c1-5-9(6-2,8-10)11(4)14(12,13)7-3/h5-8,10H2,1-4H3. The normalized spacial score (nSPS) is 13.6. The summed E-state index contributed by atoms with van der Waals surface area (Å²) < 4.78 is 24.8. The van der Waals surface area contributed by atoms with Crippen molar-refractivity contribution in [2.24, 2.45) is 5.73 Å². The zero-order chi connectivity index (χ0) is 11.4. The Bertz CT molecular complexity index is 250. The molecule has 0 spiro atoms. The van der Waals surface area contributed by atoms with Crippen LogP contribution in [0.4, 0.5) is 0 Å². The number of rotatable bonds is 6. The molecule has 5 heteroatoms. The van der Waals surface area contributed by atoms with Crippen LogP contribution in [-0.2, 0) is 10.0 Å². The van der Waals surface area contributed by atoms with Crippen molar-refractivity contribution >= 4 is 10.0 Å². The lowest BCUT2D eigenvalue weighted by atomic mass is 9.93. The molecule has 0 rings (SSSR count). The van der Waals surface area contributed by atoms with E-state index in [1.807, 2.05) is 13.8 Å². The molecular formula is C9H22N2O2S. The Morgan fingerprint density at radius 1 is 1.21 bits per heavy atom. The minimum absolute atomic E-state index is 0.130. The third-order valence-corrected chi connectivity index (χ3v) is 5.10. The van der Waals surface area contributed by atoms with E-state index in [0.717, 1.165) is 12.8 Å². The van der Waals surface area contributed by atoms with Crippen molar-refractivity contribution in [1.82, 2.24) is 4.31 Å². The number of nitrogens with two attached hydrogens (primary N) is 1. The second-order valence-electron chi connectivity index (χ2n) is 3.50. The molecule has 0 fully saturated rings. The molecule has 0 aromatic carbocycles. The molecule has 0 aromatic heterocycles. The predicted octanol–water partition coefficient (Wildman–Crippen LogP) is 0.785. The molecule has 0 aromatic rings. The lowest BCUT2D eigenvalue weighted by molar-refractivity contribution is 0.208. The van der Waals surface area contributed by atoms with Crippen LogP contribution in [0.25, 0.3) is 0 Å². The second-order valence-corrected chi connectivity index (χ2v) is 5.79. The van der Waals surface area contributed by atoms with E-state index in [1.54, 1.807) is 14.0 Å². The number of hydrogen-bond acceptors (Lipinski definition) is 3. The van der Waals surface area contributed by atoms with Gasteiger partial charge in [0.1, 0.15) is 0 Å². The van der Waals surface area contributed by atoms with Crippen LogP contribution in [0.3, 0.4) is 0 Å². The first-order valence-electron chi connectivity index (χ1n) is 5.07. The molecule has 14 heavy (non-hydrogen) atoms. The Hall–Kier alpha value is -0.130. The zero-order valence-electron chi connectivity index (χ0n) is 9.58. The number of hydrogen-bond donors (Lipinski definition) is 1. The maximum Gasteiger partial charge on any atom is 0.214 e. The van der Waals surface area contributed by atoms with Crippen molar-refractivity contribution in [2.75, 3.05) is 19.3 Å². The van der Waals surface area contributed by atoms with Crippen molar-refractivity contribution in [3.63, 3.8) is 0 Å². The molecule has 0 bridgehead atoms. The molecular weight excluding hydrogens is 200 g/mol. The summed E-state index contributed by atoms with van der Waals surface area (Å²) in [5, 5.41) is 0. The molecule has 2 N–H and O–H groups in total. The van der Waals surface area contributed by atoms with Crippen LogP contribution >= 0.6 is 0 Å². The van der Waals surface area contributed by atoms with Crippen LogP contribution < -0.4 is 5.73 Å². The van der Waals surface area contributed by atoms with Gasteiger partial charge in [0.25, 0.3) is 0 Å². The van der Waals surface area contributed by atoms with Gasteiger partial charge in [0.15, 0.2) is 0 Å². The highest BCUT2D eigenvalue weighted by Crippen LogP contribution is 2.24. The summed E-state index contributed by atoms with van der Waals surface area (Å²) in [4.78, 5) is 0. The summed E-state index contributed by atoms with van der Waals surface area (Å²) >= 11 is 0. The number of likely N-dealkylation sites (N-methyl/N-ethyl adjacent to an activating group) is 1. The maximum absolute atomic E-state index is 11.7. The highest BCUT2D eigenvalue weighted by Gasteiger charge is 2.35. The van der Waals surface area contributed by atoms with Crippen LogP contribution in [0.2, 0.25) is 0 Å². The summed E-state index contributed by atoms with van der Waals surface area (Å²) in [6.45, 7) is 5.96. The van der Waals surface area contributed by atoms with E-state index in [-0.39, 0.29) is 5.75 Å². The fraction of sp³-hybridized carbons (Fsp3) is 1.00. The Balaban J connectivity index is 5.04. The van der Waals surface area contributed by atoms with Gasteiger partial charge in [-0.05, 0) is 19.8 Å². The van der Waals surface area contributed by atoms with Gasteiger partial charge in [0.05, 0.1) is 5.75 Å². The molecule has 0 unspecified atom stereocenters. The topological polar surface area (TPSA) is 63.4 Å². The van der Waals surface area contributed by atoms with Crippen LogP contribution in [0.5, 0.6) is 0 Å². The van der Waals surface area contributed by atoms with Gasteiger partial charge in [-0.2, -0.15) is 4.31 Å². The van der Waals surface area contributed by atoms with Gasteiger partial charge in [0.2, 0.25) is 10.0 Å². The van der Waals surface area contributed by atoms with Crippen LogP contribution in [0.1, 0.15) is 33.6 Å². The number of sulfonamides is 1. The third-order valence-electron chi connectivity index (χ3n) is 3.15. The molecule has 0 aliphatic heterocycles. The first kappa shape index (κ1) is 13.9.